The van der Waals surface area contributed by atoms with Gasteiger partial charge in [0.05, 0.1) is 6.04 Å². The molecule has 1 aliphatic rings. The van der Waals surface area contributed by atoms with Crippen LogP contribution in [-0.2, 0) is 0 Å². The lowest BCUT2D eigenvalue weighted by Crippen LogP contribution is -2.34. The number of rotatable bonds is 0. The van der Waals surface area contributed by atoms with Gasteiger partial charge >= 0.3 is 0 Å². The molecule has 0 saturated carbocycles. The smallest absolute Gasteiger partial charge is 0.145 e. The summed E-state index contributed by atoms with van der Waals surface area (Å²) in [6, 6.07) is 6.92. The maximum absolute atomic E-state index is 13.3. The number of hydrogen-bond donors (Lipinski definition) is 0. The number of para-hydroxylation sites is 2. The van der Waals surface area contributed by atoms with E-state index in [1.54, 1.807) is 25.1 Å². The van der Waals surface area contributed by atoms with E-state index >= 15 is 0 Å². The third-order valence-corrected chi connectivity index (χ3v) is 1.96. The van der Waals surface area contributed by atoms with E-state index in [0.717, 1.165) is 5.12 Å². The molecule has 0 spiro atoms. The van der Waals surface area contributed by atoms with Crippen LogP contribution >= 0.6 is 0 Å². The summed E-state index contributed by atoms with van der Waals surface area (Å²) in [6.45, 7) is 2.20. The Hall–Kier alpha value is -1.25. The Kier molecular flexibility index (Phi) is 1.64. The molecule has 1 aromatic rings. The summed E-state index contributed by atoms with van der Waals surface area (Å²) < 4.78 is 18.6. The van der Waals surface area contributed by atoms with E-state index in [9.17, 15) is 4.48 Å². The van der Waals surface area contributed by atoms with Crippen LogP contribution in [0, 0.1) is 0 Å². The molecule has 2 nitrogen and oxygen atoms in total. The minimum Gasteiger partial charge on any atom is -0.489 e. The van der Waals surface area contributed by atoms with Gasteiger partial charge in [-0.25, -0.2) is 5.12 Å². The SMILES string of the molecule is CC1COc2ccccc2N1F. The van der Waals surface area contributed by atoms with Gasteiger partial charge in [0.15, 0.2) is 0 Å². The molecule has 0 radical (unpaired) electrons. The zero-order chi connectivity index (χ0) is 8.55. The summed E-state index contributed by atoms with van der Waals surface area (Å²) in [5.41, 5.74) is 0.524. The topological polar surface area (TPSA) is 12.5 Å². The van der Waals surface area contributed by atoms with E-state index in [2.05, 4.69) is 0 Å². The summed E-state index contributed by atoms with van der Waals surface area (Å²) >= 11 is 0. The molecule has 0 aromatic heterocycles. The highest BCUT2D eigenvalue weighted by Crippen LogP contribution is 2.33. The van der Waals surface area contributed by atoms with Crippen LogP contribution in [0.15, 0.2) is 24.3 Å². The van der Waals surface area contributed by atoms with Crippen molar-refractivity contribution in [3.05, 3.63) is 24.3 Å². The van der Waals surface area contributed by atoms with Crippen molar-refractivity contribution in [1.82, 2.24) is 0 Å². The van der Waals surface area contributed by atoms with Gasteiger partial charge < -0.3 is 4.74 Å². The first-order valence-corrected chi connectivity index (χ1v) is 3.96. The van der Waals surface area contributed by atoms with Crippen LogP contribution in [0.3, 0.4) is 0 Å². The lowest BCUT2D eigenvalue weighted by Gasteiger charge is -2.28. The first kappa shape index (κ1) is 7.40. The zero-order valence-electron chi connectivity index (χ0n) is 6.83. The Morgan fingerprint density at radius 2 is 2.25 bits per heavy atom. The highest BCUT2D eigenvalue weighted by atomic mass is 19.2. The molecular formula is C9H10FNO. The molecule has 0 saturated heterocycles. The molecule has 2 rings (SSSR count). The molecule has 1 atom stereocenters. The minimum atomic E-state index is -0.195. The first-order chi connectivity index (χ1) is 5.79. The number of fused-ring (bicyclic) bond motifs is 1. The molecule has 0 bridgehead atoms. The maximum Gasteiger partial charge on any atom is 0.145 e. The molecule has 64 valence electrons. The van der Waals surface area contributed by atoms with Crippen LogP contribution in [0.5, 0.6) is 5.75 Å². The molecular weight excluding hydrogens is 157 g/mol. The summed E-state index contributed by atoms with van der Waals surface area (Å²) in [4.78, 5) is 0. The highest BCUT2D eigenvalue weighted by molar-refractivity contribution is 5.58. The fourth-order valence-corrected chi connectivity index (χ4v) is 1.27. The average Bonchev–Trinajstić information content (AvgIpc) is 2.12. The largest absolute Gasteiger partial charge is 0.489 e. The molecule has 3 heteroatoms. The van der Waals surface area contributed by atoms with Gasteiger partial charge in [-0.15, -0.1) is 0 Å². The Balaban J connectivity index is 2.42. The van der Waals surface area contributed by atoms with E-state index in [1.165, 1.54) is 0 Å². The minimum absolute atomic E-state index is 0.195. The number of benzene rings is 1. The van der Waals surface area contributed by atoms with E-state index in [0.29, 0.717) is 18.0 Å². The van der Waals surface area contributed by atoms with Crippen molar-refractivity contribution in [3.8, 4) is 5.75 Å². The van der Waals surface area contributed by atoms with Gasteiger partial charge in [0.2, 0.25) is 0 Å². The van der Waals surface area contributed by atoms with Crippen molar-refractivity contribution >= 4 is 5.69 Å². The fourth-order valence-electron chi connectivity index (χ4n) is 1.27. The summed E-state index contributed by atoms with van der Waals surface area (Å²) in [5.74, 6) is 0.623. The lowest BCUT2D eigenvalue weighted by molar-refractivity contribution is 0.222. The van der Waals surface area contributed by atoms with Gasteiger partial charge in [-0.3, -0.25) is 0 Å². The van der Waals surface area contributed by atoms with Crippen LogP contribution in [0.2, 0.25) is 0 Å². The monoisotopic (exact) mass is 167 g/mol. The van der Waals surface area contributed by atoms with Crippen LogP contribution in [0.1, 0.15) is 6.92 Å². The van der Waals surface area contributed by atoms with E-state index < -0.39 is 0 Å². The Morgan fingerprint density at radius 1 is 1.50 bits per heavy atom. The Morgan fingerprint density at radius 3 is 3.08 bits per heavy atom. The normalized spacial score (nSPS) is 21.5. The molecule has 0 fully saturated rings. The number of hydrogen-bond acceptors (Lipinski definition) is 2. The van der Waals surface area contributed by atoms with Crippen molar-refractivity contribution < 1.29 is 9.22 Å². The van der Waals surface area contributed by atoms with Crippen molar-refractivity contribution in [1.29, 1.82) is 0 Å². The van der Waals surface area contributed by atoms with Gasteiger partial charge in [-0.1, -0.05) is 16.6 Å². The molecule has 1 unspecified atom stereocenters. The van der Waals surface area contributed by atoms with Crippen LogP contribution in [-0.4, -0.2) is 12.6 Å². The van der Waals surface area contributed by atoms with Crippen molar-refractivity contribution in [2.75, 3.05) is 11.7 Å². The lowest BCUT2D eigenvalue weighted by atomic mass is 10.2. The van der Waals surface area contributed by atoms with Gasteiger partial charge in [0.1, 0.15) is 18.0 Å². The molecule has 1 aromatic carbocycles. The third-order valence-electron chi connectivity index (χ3n) is 1.96. The van der Waals surface area contributed by atoms with Gasteiger partial charge in [-0.05, 0) is 19.1 Å². The van der Waals surface area contributed by atoms with Crippen molar-refractivity contribution in [2.45, 2.75) is 13.0 Å². The molecule has 12 heavy (non-hydrogen) atoms. The number of anilines is 1. The Labute approximate surface area is 70.5 Å². The second kappa shape index (κ2) is 2.66. The van der Waals surface area contributed by atoms with E-state index in [1.807, 2.05) is 6.07 Å². The van der Waals surface area contributed by atoms with Gasteiger partial charge in [0.25, 0.3) is 0 Å². The predicted octanol–water partition coefficient (Wildman–Crippen LogP) is 2.16. The van der Waals surface area contributed by atoms with Crippen molar-refractivity contribution in [3.63, 3.8) is 0 Å². The molecule has 1 aliphatic heterocycles. The van der Waals surface area contributed by atoms with E-state index in [4.69, 9.17) is 4.74 Å². The first-order valence-electron chi connectivity index (χ1n) is 3.96. The second-order valence-electron chi connectivity index (χ2n) is 2.94. The number of nitrogens with zero attached hydrogens (tertiary/aromatic N) is 1. The maximum atomic E-state index is 13.3. The van der Waals surface area contributed by atoms with Gasteiger partial charge in [0, 0.05) is 0 Å². The Bertz CT molecular complexity index is 290. The zero-order valence-corrected chi connectivity index (χ0v) is 6.83. The quantitative estimate of drug-likeness (QED) is 0.549. The summed E-state index contributed by atoms with van der Waals surface area (Å²) in [5, 5.41) is 0.749. The summed E-state index contributed by atoms with van der Waals surface area (Å²) in [7, 11) is 0. The molecule has 0 aliphatic carbocycles. The van der Waals surface area contributed by atoms with Crippen molar-refractivity contribution in [2.24, 2.45) is 0 Å². The highest BCUT2D eigenvalue weighted by Gasteiger charge is 2.23. The number of halogens is 1. The average molecular weight is 167 g/mol. The van der Waals surface area contributed by atoms with E-state index in [-0.39, 0.29) is 6.04 Å². The van der Waals surface area contributed by atoms with Crippen LogP contribution in [0.25, 0.3) is 0 Å². The number of ether oxygens (including phenoxy) is 1. The third kappa shape index (κ3) is 1.02. The second-order valence-corrected chi connectivity index (χ2v) is 2.94. The molecule has 0 amide bonds. The fraction of sp³-hybridized carbons (Fsp3) is 0.333. The van der Waals surface area contributed by atoms with Crippen LogP contribution in [0.4, 0.5) is 10.2 Å². The standard InChI is InChI=1S/C9H10FNO/c1-7-6-12-9-5-3-2-4-8(9)11(7)10/h2-5,7H,6H2,1H3. The summed E-state index contributed by atoms with van der Waals surface area (Å²) in [6.07, 6.45) is 0. The van der Waals surface area contributed by atoms with Crippen LogP contribution < -0.4 is 9.86 Å². The molecule has 1 heterocycles. The predicted molar refractivity (Wildman–Crippen MR) is 45.0 cm³/mol. The molecule has 0 N–H and O–H groups in total. The van der Waals surface area contributed by atoms with Gasteiger partial charge in [-0.2, -0.15) is 0 Å².